The van der Waals surface area contributed by atoms with Crippen LogP contribution in [0.25, 0.3) is 0 Å². The van der Waals surface area contributed by atoms with Crippen LogP contribution < -0.4 is 10.6 Å². The minimum absolute atomic E-state index is 0.0618. The van der Waals surface area contributed by atoms with Gasteiger partial charge in [-0.1, -0.05) is 50.0 Å². The number of nitrogens with one attached hydrogen (secondary N) is 2. The third-order valence-corrected chi connectivity index (χ3v) is 9.24. The fraction of sp³-hybridized carbons (Fsp3) is 0.533. The van der Waals surface area contributed by atoms with Crippen molar-refractivity contribution < 1.29 is 23.5 Å². The Morgan fingerprint density at radius 3 is 2.36 bits per heavy atom. The first-order chi connectivity index (χ1) is 18.3. The Kier molecular flexibility index (Phi) is 7.59. The molecule has 5 nitrogen and oxygen atoms in total. The monoisotopic (exact) mass is 578 g/mol. The fourth-order valence-corrected chi connectivity index (χ4v) is 7.30. The zero-order valence-electron chi connectivity index (χ0n) is 22.3. The third-order valence-electron chi connectivity index (χ3n) is 8.66. The fourth-order valence-electron chi connectivity index (χ4n) is 6.95. The highest BCUT2D eigenvalue weighted by Gasteiger charge is 2.65. The number of aliphatic hydroxyl groups is 1. The van der Waals surface area contributed by atoms with Crippen LogP contribution in [-0.2, 0) is 15.0 Å². The Morgan fingerprint density at radius 1 is 1.05 bits per heavy atom. The molecule has 2 fully saturated rings. The molecule has 3 N–H and O–H groups in total. The van der Waals surface area contributed by atoms with E-state index in [1.165, 1.54) is 24.3 Å². The smallest absolute Gasteiger partial charge is 0.237 e. The standard InChI is InChI=1S/C30H34Cl2F2N2O3/c1-29(2,3)14-25-30(18-12-22(34)20(32)13-23(18)35-28(30)39)26(16-6-9-21(33)19(31)11-16)27(36-25)24(38)10-15-4-7-17(37)8-5-15/h6,9,11-13,15,17,25-27,36-37H,4-5,7-8,10,14H2,1-3H3,(H,35,39)/t15?,17?,25-,26+,27+,30+/m1/s1. The number of rotatable bonds is 5. The number of anilines is 1. The van der Waals surface area contributed by atoms with Gasteiger partial charge in [0.15, 0.2) is 5.78 Å². The van der Waals surface area contributed by atoms with Crippen molar-refractivity contribution in [2.24, 2.45) is 11.3 Å². The Balaban J connectivity index is 1.68. The lowest BCUT2D eigenvalue weighted by Gasteiger charge is -2.37. The number of halogens is 4. The van der Waals surface area contributed by atoms with Crippen LogP contribution in [0.5, 0.6) is 0 Å². The largest absolute Gasteiger partial charge is 0.393 e. The normalized spacial score (nSPS) is 30.5. The van der Waals surface area contributed by atoms with Crippen LogP contribution in [0, 0.1) is 23.0 Å². The van der Waals surface area contributed by atoms with E-state index in [-0.39, 0.29) is 45.6 Å². The van der Waals surface area contributed by atoms with Gasteiger partial charge in [0.2, 0.25) is 5.91 Å². The molecule has 1 aliphatic carbocycles. The lowest BCUT2D eigenvalue weighted by molar-refractivity contribution is -0.123. The molecule has 9 heteroatoms. The predicted molar refractivity (Wildman–Crippen MR) is 148 cm³/mol. The molecule has 2 heterocycles. The molecule has 0 bridgehead atoms. The van der Waals surface area contributed by atoms with Crippen LogP contribution in [0.15, 0.2) is 30.3 Å². The van der Waals surface area contributed by atoms with Gasteiger partial charge >= 0.3 is 0 Å². The summed E-state index contributed by atoms with van der Waals surface area (Å²) in [5, 5.41) is 16.1. The molecule has 1 amide bonds. The molecule has 2 aliphatic heterocycles. The van der Waals surface area contributed by atoms with Gasteiger partial charge in [0, 0.05) is 24.1 Å². The highest BCUT2D eigenvalue weighted by Crippen LogP contribution is 2.57. The van der Waals surface area contributed by atoms with Gasteiger partial charge in [-0.25, -0.2) is 8.78 Å². The van der Waals surface area contributed by atoms with Crippen molar-refractivity contribution in [2.45, 2.75) is 88.8 Å². The van der Waals surface area contributed by atoms with Crippen LogP contribution in [0.3, 0.4) is 0 Å². The third kappa shape index (κ3) is 5.12. The first kappa shape index (κ1) is 28.5. The van der Waals surface area contributed by atoms with Crippen molar-refractivity contribution >= 4 is 40.6 Å². The molecule has 5 rings (SSSR count). The van der Waals surface area contributed by atoms with Gasteiger partial charge in [-0.05, 0) is 78.8 Å². The SMILES string of the molecule is CC(C)(C)C[C@H]1N[C@@H](C(=O)CC2CCC(O)CC2)[C@H](c2ccc(F)c(Cl)c2)[C@@]12C(=O)Nc1cc(Cl)c(F)cc12. The summed E-state index contributed by atoms with van der Waals surface area (Å²) in [6.45, 7) is 6.14. The van der Waals surface area contributed by atoms with Crippen molar-refractivity contribution in [2.75, 3.05) is 5.32 Å². The Bertz CT molecular complexity index is 1310. The second-order valence-corrected chi connectivity index (χ2v) is 13.4. The van der Waals surface area contributed by atoms with Crippen LogP contribution >= 0.6 is 23.2 Å². The maximum Gasteiger partial charge on any atom is 0.237 e. The Hall–Kier alpha value is -2.06. The van der Waals surface area contributed by atoms with Crippen molar-refractivity contribution in [3.63, 3.8) is 0 Å². The van der Waals surface area contributed by atoms with Crippen LogP contribution in [0.4, 0.5) is 14.5 Å². The van der Waals surface area contributed by atoms with Gasteiger partial charge in [-0.15, -0.1) is 0 Å². The molecule has 3 aliphatic rings. The van der Waals surface area contributed by atoms with E-state index in [4.69, 9.17) is 23.2 Å². The summed E-state index contributed by atoms with van der Waals surface area (Å²) in [4.78, 5) is 28.2. The van der Waals surface area contributed by atoms with Crippen LogP contribution in [-0.4, -0.2) is 35.0 Å². The summed E-state index contributed by atoms with van der Waals surface area (Å²) in [5.41, 5.74) is -0.252. The molecule has 0 radical (unpaired) electrons. The van der Waals surface area contributed by atoms with Gasteiger partial charge in [0.05, 0.1) is 22.2 Å². The summed E-state index contributed by atoms with van der Waals surface area (Å²) in [6, 6.07) is 5.65. The summed E-state index contributed by atoms with van der Waals surface area (Å²) in [5.74, 6) is -2.34. The molecule has 1 spiro atoms. The zero-order chi connectivity index (χ0) is 28.3. The van der Waals surface area contributed by atoms with E-state index < -0.39 is 35.1 Å². The number of carbonyl (C=O) groups excluding carboxylic acids is 2. The first-order valence-electron chi connectivity index (χ1n) is 13.5. The topological polar surface area (TPSA) is 78.4 Å². The number of aliphatic hydroxyl groups excluding tert-OH is 1. The minimum atomic E-state index is -1.36. The minimum Gasteiger partial charge on any atom is -0.393 e. The lowest BCUT2D eigenvalue weighted by atomic mass is 9.62. The zero-order valence-corrected chi connectivity index (χ0v) is 23.8. The number of hydrogen-bond acceptors (Lipinski definition) is 4. The van der Waals surface area contributed by atoms with Crippen molar-refractivity contribution in [3.05, 3.63) is 63.1 Å². The maximum absolute atomic E-state index is 15.0. The Morgan fingerprint density at radius 2 is 1.72 bits per heavy atom. The number of hydrogen-bond donors (Lipinski definition) is 3. The van der Waals surface area contributed by atoms with E-state index >= 15 is 0 Å². The molecular weight excluding hydrogens is 545 g/mol. The lowest BCUT2D eigenvalue weighted by Crippen LogP contribution is -2.49. The predicted octanol–water partition coefficient (Wildman–Crippen LogP) is 6.53. The maximum atomic E-state index is 15.0. The summed E-state index contributed by atoms with van der Waals surface area (Å²) in [6.07, 6.45) is 3.26. The van der Waals surface area contributed by atoms with Gasteiger partial charge in [0.1, 0.15) is 17.0 Å². The molecule has 2 aromatic rings. The van der Waals surface area contributed by atoms with E-state index in [9.17, 15) is 23.5 Å². The second-order valence-electron chi connectivity index (χ2n) is 12.6. The van der Waals surface area contributed by atoms with Crippen LogP contribution in [0.1, 0.15) is 76.3 Å². The highest BCUT2D eigenvalue weighted by molar-refractivity contribution is 6.31. The van der Waals surface area contributed by atoms with Crippen molar-refractivity contribution in [1.29, 1.82) is 0 Å². The van der Waals surface area contributed by atoms with E-state index in [0.717, 1.165) is 12.8 Å². The van der Waals surface area contributed by atoms with Gasteiger partial charge in [-0.3, -0.25) is 9.59 Å². The van der Waals surface area contributed by atoms with Crippen molar-refractivity contribution in [3.8, 4) is 0 Å². The number of amides is 1. The molecule has 4 atom stereocenters. The Labute approximate surface area is 237 Å². The van der Waals surface area contributed by atoms with E-state index in [1.54, 1.807) is 6.07 Å². The second kappa shape index (κ2) is 10.4. The van der Waals surface area contributed by atoms with Gasteiger partial charge < -0.3 is 15.7 Å². The number of Topliss-reactive ketones (excluding diaryl/α,β-unsaturated/α-hetero) is 1. The van der Waals surface area contributed by atoms with E-state index in [1.807, 2.05) is 20.8 Å². The summed E-state index contributed by atoms with van der Waals surface area (Å²) in [7, 11) is 0. The molecule has 39 heavy (non-hydrogen) atoms. The van der Waals surface area contributed by atoms with Crippen molar-refractivity contribution in [1.82, 2.24) is 5.32 Å². The molecule has 0 aromatic heterocycles. The molecule has 1 saturated carbocycles. The number of carbonyl (C=O) groups is 2. The van der Waals surface area contributed by atoms with E-state index in [2.05, 4.69) is 10.6 Å². The average Bonchev–Trinajstić information content (AvgIpc) is 3.32. The van der Waals surface area contributed by atoms with E-state index in [0.29, 0.717) is 36.1 Å². The summed E-state index contributed by atoms with van der Waals surface area (Å²) < 4.78 is 29.3. The van der Waals surface area contributed by atoms with Crippen LogP contribution in [0.2, 0.25) is 10.0 Å². The van der Waals surface area contributed by atoms with Gasteiger partial charge in [0.25, 0.3) is 0 Å². The number of benzene rings is 2. The summed E-state index contributed by atoms with van der Waals surface area (Å²) >= 11 is 12.3. The number of fused-ring (bicyclic) bond motifs is 2. The van der Waals surface area contributed by atoms with Gasteiger partial charge in [-0.2, -0.15) is 0 Å². The molecular formula is C30H34Cl2F2N2O3. The number of ketones is 1. The highest BCUT2D eigenvalue weighted by atomic mass is 35.5. The molecule has 210 valence electrons. The average molecular weight is 580 g/mol. The quantitative estimate of drug-likeness (QED) is 0.377. The molecule has 0 unspecified atom stereocenters. The first-order valence-corrected chi connectivity index (χ1v) is 14.3. The molecule has 2 aromatic carbocycles. The molecule has 1 saturated heterocycles.